The van der Waals surface area contributed by atoms with Gasteiger partial charge in [-0.3, -0.25) is 9.89 Å². The average molecular weight is 493 g/mol. The van der Waals surface area contributed by atoms with E-state index in [0.29, 0.717) is 36.6 Å². The second kappa shape index (κ2) is 8.84. The van der Waals surface area contributed by atoms with Crippen molar-refractivity contribution in [1.29, 1.82) is 0 Å². The lowest BCUT2D eigenvalue weighted by atomic mass is 10.2. The second-order valence-corrected chi connectivity index (χ2v) is 7.29. The summed E-state index contributed by atoms with van der Waals surface area (Å²) < 4.78 is 11.2. The highest BCUT2D eigenvalue weighted by molar-refractivity contribution is 14.0. The molecule has 0 radical (unpaired) electrons. The summed E-state index contributed by atoms with van der Waals surface area (Å²) in [4.78, 5) is 6.94. The van der Waals surface area contributed by atoms with Crippen molar-refractivity contribution in [3.8, 4) is 11.5 Å². The molecule has 2 heterocycles. The molecule has 2 fully saturated rings. The van der Waals surface area contributed by atoms with E-state index in [9.17, 15) is 0 Å². The molecule has 1 saturated heterocycles. The fourth-order valence-corrected chi connectivity index (χ4v) is 3.80. The van der Waals surface area contributed by atoms with Gasteiger partial charge in [-0.05, 0) is 37.0 Å². The largest absolute Gasteiger partial charge is 0.486 e. The number of hydrogen-bond donors (Lipinski definition) is 2. The summed E-state index contributed by atoms with van der Waals surface area (Å²) in [6, 6.07) is 5.20. The Labute approximate surface area is 176 Å². The van der Waals surface area contributed by atoms with Gasteiger partial charge in [0.25, 0.3) is 0 Å². The van der Waals surface area contributed by atoms with Crippen LogP contribution in [0.15, 0.2) is 17.1 Å². The molecule has 0 bridgehead atoms. The molecule has 1 aliphatic carbocycles. The predicted octanol–water partition coefficient (Wildman–Crippen LogP) is 2.63. The Morgan fingerprint density at radius 3 is 2.85 bits per heavy atom. The molecule has 1 atom stereocenters. The minimum atomic E-state index is 0. The number of rotatable bonds is 4. The van der Waals surface area contributed by atoms with Gasteiger partial charge in [-0.1, -0.05) is 11.6 Å². The van der Waals surface area contributed by atoms with Crippen LogP contribution in [-0.2, 0) is 6.54 Å². The van der Waals surface area contributed by atoms with Crippen molar-refractivity contribution in [3.05, 3.63) is 22.7 Å². The molecule has 144 valence electrons. The zero-order valence-corrected chi connectivity index (χ0v) is 18.0. The molecular weight excluding hydrogens is 467 g/mol. The zero-order valence-electron chi connectivity index (χ0n) is 15.0. The Bertz CT molecular complexity index is 669. The number of nitrogens with one attached hydrogen (secondary N) is 2. The minimum Gasteiger partial charge on any atom is -0.486 e. The predicted molar refractivity (Wildman–Crippen MR) is 114 cm³/mol. The summed E-state index contributed by atoms with van der Waals surface area (Å²) in [6.07, 6.45) is 3.90. The third kappa shape index (κ3) is 4.67. The molecule has 1 saturated carbocycles. The van der Waals surface area contributed by atoms with Crippen molar-refractivity contribution in [3.63, 3.8) is 0 Å². The first kappa shape index (κ1) is 19.8. The van der Waals surface area contributed by atoms with Crippen LogP contribution >= 0.6 is 35.6 Å². The van der Waals surface area contributed by atoms with Crippen LogP contribution in [0.1, 0.15) is 24.8 Å². The number of nitrogens with zero attached hydrogens (tertiary/aromatic N) is 2. The van der Waals surface area contributed by atoms with Crippen LogP contribution in [-0.4, -0.2) is 56.3 Å². The van der Waals surface area contributed by atoms with Crippen LogP contribution in [0.5, 0.6) is 11.5 Å². The second-order valence-electron chi connectivity index (χ2n) is 6.88. The first-order chi connectivity index (χ1) is 12.2. The van der Waals surface area contributed by atoms with Crippen LogP contribution in [0.25, 0.3) is 0 Å². The van der Waals surface area contributed by atoms with E-state index in [1.807, 2.05) is 12.1 Å². The number of likely N-dealkylation sites (tertiary alicyclic amines) is 1. The van der Waals surface area contributed by atoms with Gasteiger partial charge >= 0.3 is 0 Å². The Morgan fingerprint density at radius 1 is 1.27 bits per heavy atom. The van der Waals surface area contributed by atoms with Gasteiger partial charge in [0.05, 0.1) is 5.02 Å². The monoisotopic (exact) mass is 492 g/mol. The van der Waals surface area contributed by atoms with Gasteiger partial charge in [0.1, 0.15) is 13.2 Å². The maximum atomic E-state index is 6.30. The molecule has 1 aromatic carbocycles. The lowest BCUT2D eigenvalue weighted by Gasteiger charge is -2.21. The van der Waals surface area contributed by atoms with Gasteiger partial charge in [-0.15, -0.1) is 24.0 Å². The number of ether oxygens (including phenoxy) is 2. The van der Waals surface area contributed by atoms with Gasteiger partial charge in [0.2, 0.25) is 0 Å². The van der Waals surface area contributed by atoms with Gasteiger partial charge in [-0.2, -0.15) is 0 Å². The molecular formula is C18H26ClIN4O2. The Kier molecular flexibility index (Phi) is 6.74. The molecule has 3 aliphatic rings. The van der Waals surface area contributed by atoms with Gasteiger partial charge in [0.15, 0.2) is 17.5 Å². The van der Waals surface area contributed by atoms with Crippen molar-refractivity contribution in [2.24, 2.45) is 4.99 Å². The molecule has 4 rings (SSSR count). The quantitative estimate of drug-likeness (QED) is 0.384. The summed E-state index contributed by atoms with van der Waals surface area (Å²) >= 11 is 6.30. The first-order valence-electron chi connectivity index (χ1n) is 9.02. The third-order valence-corrected chi connectivity index (χ3v) is 5.24. The van der Waals surface area contributed by atoms with Crippen LogP contribution in [0.4, 0.5) is 0 Å². The lowest BCUT2D eigenvalue weighted by molar-refractivity contribution is 0.171. The van der Waals surface area contributed by atoms with Crippen LogP contribution in [0.2, 0.25) is 5.02 Å². The zero-order chi connectivity index (χ0) is 17.2. The van der Waals surface area contributed by atoms with Gasteiger partial charge < -0.3 is 20.1 Å². The van der Waals surface area contributed by atoms with E-state index in [-0.39, 0.29) is 24.0 Å². The van der Waals surface area contributed by atoms with E-state index in [2.05, 4.69) is 20.5 Å². The van der Waals surface area contributed by atoms with E-state index in [1.54, 1.807) is 7.05 Å². The maximum absolute atomic E-state index is 6.30. The van der Waals surface area contributed by atoms with E-state index in [4.69, 9.17) is 21.1 Å². The maximum Gasteiger partial charge on any atom is 0.191 e. The van der Waals surface area contributed by atoms with E-state index < -0.39 is 0 Å². The Balaban J connectivity index is 0.00000196. The highest BCUT2D eigenvalue weighted by atomic mass is 127. The molecule has 1 aromatic rings. The van der Waals surface area contributed by atoms with E-state index in [1.165, 1.54) is 25.8 Å². The standard InChI is InChI=1S/C18H25ClN4O2.HI/c1-20-18(22-13-4-5-23(11-13)14-2-3-14)21-10-12-8-15(19)17-16(9-12)24-6-7-25-17;/h8-9,13-14H,2-7,10-11H2,1H3,(H2,20,21,22);1H. The SMILES string of the molecule is CN=C(NCc1cc(Cl)c2c(c1)OCCO2)NC1CCN(C2CC2)C1.I. The highest BCUT2D eigenvalue weighted by Gasteiger charge is 2.34. The number of hydrogen-bond acceptors (Lipinski definition) is 4. The Hall–Kier alpha value is -0.930. The highest BCUT2D eigenvalue weighted by Crippen LogP contribution is 2.38. The van der Waals surface area contributed by atoms with Crippen molar-refractivity contribution in [1.82, 2.24) is 15.5 Å². The topological polar surface area (TPSA) is 58.1 Å². The minimum absolute atomic E-state index is 0. The number of halogens is 2. The number of guanidine groups is 1. The molecule has 0 aromatic heterocycles. The smallest absolute Gasteiger partial charge is 0.191 e. The summed E-state index contributed by atoms with van der Waals surface area (Å²) in [5.41, 5.74) is 1.04. The number of benzene rings is 1. The normalized spacial score (nSPS) is 22.7. The van der Waals surface area contributed by atoms with Crippen LogP contribution in [0, 0.1) is 0 Å². The molecule has 6 nitrogen and oxygen atoms in total. The summed E-state index contributed by atoms with van der Waals surface area (Å²) in [5.74, 6) is 2.19. The fourth-order valence-electron chi connectivity index (χ4n) is 3.52. The number of fused-ring (bicyclic) bond motifs is 1. The molecule has 0 spiro atoms. The summed E-state index contributed by atoms with van der Waals surface area (Å²) in [6.45, 7) is 4.04. The average Bonchev–Trinajstić information content (AvgIpc) is 3.38. The van der Waals surface area contributed by atoms with Crippen molar-refractivity contribution >= 4 is 41.5 Å². The summed E-state index contributed by atoms with van der Waals surface area (Å²) in [7, 11) is 1.81. The Morgan fingerprint density at radius 2 is 2.08 bits per heavy atom. The van der Waals surface area contributed by atoms with E-state index in [0.717, 1.165) is 29.9 Å². The molecule has 26 heavy (non-hydrogen) atoms. The van der Waals surface area contributed by atoms with E-state index >= 15 is 0 Å². The summed E-state index contributed by atoms with van der Waals surface area (Å²) in [5, 5.41) is 7.50. The van der Waals surface area contributed by atoms with Crippen LogP contribution < -0.4 is 20.1 Å². The van der Waals surface area contributed by atoms with Gasteiger partial charge in [0, 0.05) is 38.8 Å². The molecule has 0 amide bonds. The van der Waals surface area contributed by atoms with Crippen LogP contribution in [0.3, 0.4) is 0 Å². The first-order valence-corrected chi connectivity index (χ1v) is 9.40. The number of aliphatic imine (C=N–C) groups is 1. The van der Waals surface area contributed by atoms with Crippen molar-refractivity contribution in [2.75, 3.05) is 33.4 Å². The van der Waals surface area contributed by atoms with Gasteiger partial charge in [-0.25, -0.2) is 0 Å². The molecule has 8 heteroatoms. The van der Waals surface area contributed by atoms with Crippen molar-refractivity contribution < 1.29 is 9.47 Å². The lowest BCUT2D eigenvalue weighted by Crippen LogP contribution is -2.44. The van der Waals surface area contributed by atoms with Crippen molar-refractivity contribution in [2.45, 2.75) is 37.9 Å². The molecule has 2 N–H and O–H groups in total. The third-order valence-electron chi connectivity index (χ3n) is 4.96. The fraction of sp³-hybridized carbons (Fsp3) is 0.611. The molecule has 1 unspecified atom stereocenters. The molecule has 2 aliphatic heterocycles.